The molecule has 0 heterocycles. The molecule has 2 aromatic carbocycles. The van der Waals surface area contributed by atoms with Crippen LogP contribution in [0.25, 0.3) is 0 Å². The van der Waals surface area contributed by atoms with Crippen molar-refractivity contribution in [2.24, 2.45) is 0 Å². The molecule has 0 unspecified atom stereocenters. The van der Waals surface area contributed by atoms with Crippen LogP contribution in [0, 0.1) is 0 Å². The maximum absolute atomic E-state index is 12.5. The number of rotatable bonds is 7. The topological polar surface area (TPSA) is 67.4 Å². The summed E-state index contributed by atoms with van der Waals surface area (Å²) < 4.78 is 5.37. The van der Waals surface area contributed by atoms with E-state index in [9.17, 15) is 9.59 Å². The molecule has 0 fully saturated rings. The smallest absolute Gasteiger partial charge is 0.255 e. The van der Waals surface area contributed by atoms with Gasteiger partial charge in [-0.1, -0.05) is 19.1 Å². The predicted molar refractivity (Wildman–Crippen MR) is 99.2 cm³/mol. The van der Waals surface area contributed by atoms with Gasteiger partial charge in [-0.3, -0.25) is 9.59 Å². The fourth-order valence-electron chi connectivity index (χ4n) is 2.26. The van der Waals surface area contributed by atoms with E-state index in [1.54, 1.807) is 48.5 Å². The number of amides is 2. The summed E-state index contributed by atoms with van der Waals surface area (Å²) in [5.41, 5.74) is 1.44. The van der Waals surface area contributed by atoms with Crippen LogP contribution in [0.2, 0.25) is 0 Å². The Morgan fingerprint density at radius 3 is 2.32 bits per heavy atom. The molecule has 0 aliphatic rings. The summed E-state index contributed by atoms with van der Waals surface area (Å²) in [5, 5.41) is 5.72. The third-order valence-electron chi connectivity index (χ3n) is 3.84. The number of nitrogens with one attached hydrogen (secondary N) is 2. The van der Waals surface area contributed by atoms with Gasteiger partial charge in [0.15, 0.2) is 0 Å². The molecule has 5 heteroatoms. The number of hydrogen-bond acceptors (Lipinski definition) is 3. The summed E-state index contributed by atoms with van der Waals surface area (Å²) in [6, 6.07) is 13.9. The Kier molecular flexibility index (Phi) is 6.57. The lowest BCUT2D eigenvalue weighted by Gasteiger charge is -2.14. The summed E-state index contributed by atoms with van der Waals surface area (Å²) in [6.07, 6.45) is 0.840. The zero-order valence-corrected chi connectivity index (χ0v) is 14.8. The molecule has 0 radical (unpaired) electrons. The van der Waals surface area contributed by atoms with E-state index in [1.807, 2.05) is 20.8 Å². The normalized spacial score (nSPS) is 11.5. The minimum absolute atomic E-state index is 0.0716. The average molecular weight is 340 g/mol. The van der Waals surface area contributed by atoms with Gasteiger partial charge in [0, 0.05) is 11.6 Å². The number of carbonyl (C=O) groups is 2. The van der Waals surface area contributed by atoms with Crippen molar-refractivity contribution in [1.82, 2.24) is 5.32 Å². The zero-order chi connectivity index (χ0) is 18.2. The number of carbonyl (C=O) groups excluding carboxylic acids is 2. The molecule has 132 valence electrons. The summed E-state index contributed by atoms with van der Waals surface area (Å²) in [5.74, 6) is 0.246. The molecule has 0 saturated heterocycles. The molecule has 0 bridgehead atoms. The molecule has 0 spiro atoms. The van der Waals surface area contributed by atoms with Gasteiger partial charge in [-0.15, -0.1) is 0 Å². The van der Waals surface area contributed by atoms with E-state index in [0.29, 0.717) is 29.2 Å². The first-order valence-corrected chi connectivity index (χ1v) is 8.49. The fourth-order valence-corrected chi connectivity index (χ4v) is 2.26. The number of para-hydroxylation sites is 1. The van der Waals surface area contributed by atoms with Crippen molar-refractivity contribution in [2.75, 3.05) is 11.9 Å². The average Bonchev–Trinajstić information content (AvgIpc) is 2.62. The van der Waals surface area contributed by atoms with Crippen LogP contribution in [-0.2, 0) is 0 Å². The highest BCUT2D eigenvalue weighted by Crippen LogP contribution is 2.18. The molecule has 25 heavy (non-hydrogen) atoms. The Bertz CT molecular complexity index is 726. The van der Waals surface area contributed by atoms with Crippen LogP contribution in [0.15, 0.2) is 48.5 Å². The molecule has 2 aromatic rings. The minimum Gasteiger partial charge on any atom is -0.494 e. The first-order chi connectivity index (χ1) is 12.0. The number of ether oxygens (including phenoxy) is 1. The van der Waals surface area contributed by atoms with E-state index >= 15 is 0 Å². The van der Waals surface area contributed by atoms with E-state index in [2.05, 4.69) is 10.6 Å². The lowest BCUT2D eigenvalue weighted by Crippen LogP contribution is -2.32. The Morgan fingerprint density at radius 2 is 1.68 bits per heavy atom. The molecule has 0 aromatic heterocycles. The first kappa shape index (κ1) is 18.5. The number of benzene rings is 2. The predicted octanol–water partition coefficient (Wildman–Crippen LogP) is 3.87. The Morgan fingerprint density at radius 1 is 1.00 bits per heavy atom. The standard InChI is InChI=1S/C20H24N2O3/c1-4-14(3)21-20(24)17-8-6-7-9-18(17)22-19(23)15-10-12-16(13-11-15)25-5-2/h6-14H,4-5H2,1-3H3,(H,21,24)(H,22,23)/t14-/m1/s1. The van der Waals surface area contributed by atoms with Crippen LogP contribution in [-0.4, -0.2) is 24.5 Å². The molecule has 0 saturated carbocycles. The largest absolute Gasteiger partial charge is 0.494 e. The second-order valence-corrected chi connectivity index (χ2v) is 5.74. The van der Waals surface area contributed by atoms with Crippen LogP contribution in [0.4, 0.5) is 5.69 Å². The van der Waals surface area contributed by atoms with Crippen molar-refractivity contribution >= 4 is 17.5 Å². The highest BCUT2D eigenvalue weighted by atomic mass is 16.5. The van der Waals surface area contributed by atoms with Crippen molar-refractivity contribution in [3.63, 3.8) is 0 Å². The fraction of sp³-hybridized carbons (Fsp3) is 0.300. The number of anilines is 1. The van der Waals surface area contributed by atoms with E-state index in [1.165, 1.54) is 0 Å². The monoisotopic (exact) mass is 340 g/mol. The second kappa shape index (κ2) is 8.87. The lowest BCUT2D eigenvalue weighted by molar-refractivity contribution is 0.0940. The summed E-state index contributed by atoms with van der Waals surface area (Å²) in [6.45, 7) is 6.43. The molecule has 2 rings (SSSR count). The maximum Gasteiger partial charge on any atom is 0.255 e. The molecule has 0 aliphatic heterocycles. The molecule has 5 nitrogen and oxygen atoms in total. The van der Waals surface area contributed by atoms with Crippen LogP contribution in [0.5, 0.6) is 5.75 Å². The van der Waals surface area contributed by atoms with E-state index < -0.39 is 0 Å². The number of hydrogen-bond donors (Lipinski definition) is 2. The third kappa shape index (κ3) is 5.08. The summed E-state index contributed by atoms with van der Waals surface area (Å²) >= 11 is 0. The van der Waals surface area contributed by atoms with Crippen LogP contribution < -0.4 is 15.4 Å². The van der Waals surface area contributed by atoms with Gasteiger partial charge in [-0.05, 0) is 56.7 Å². The van der Waals surface area contributed by atoms with Crippen LogP contribution in [0.3, 0.4) is 0 Å². The van der Waals surface area contributed by atoms with Crippen molar-refractivity contribution in [3.8, 4) is 5.75 Å². The highest BCUT2D eigenvalue weighted by Gasteiger charge is 2.15. The van der Waals surface area contributed by atoms with Gasteiger partial charge in [0.05, 0.1) is 17.9 Å². The maximum atomic E-state index is 12.5. The van der Waals surface area contributed by atoms with Gasteiger partial charge in [-0.25, -0.2) is 0 Å². The van der Waals surface area contributed by atoms with E-state index in [0.717, 1.165) is 6.42 Å². The van der Waals surface area contributed by atoms with E-state index in [4.69, 9.17) is 4.74 Å². The summed E-state index contributed by atoms with van der Waals surface area (Å²) in [7, 11) is 0. The summed E-state index contributed by atoms with van der Waals surface area (Å²) in [4.78, 5) is 24.8. The minimum atomic E-state index is -0.271. The molecular weight excluding hydrogens is 316 g/mol. The Hall–Kier alpha value is -2.82. The van der Waals surface area contributed by atoms with Crippen molar-refractivity contribution in [3.05, 3.63) is 59.7 Å². The SMILES string of the molecule is CCOc1ccc(C(=O)Nc2ccccc2C(=O)N[C@H](C)CC)cc1. The zero-order valence-electron chi connectivity index (χ0n) is 14.8. The van der Waals surface area contributed by atoms with Gasteiger partial charge in [0.2, 0.25) is 0 Å². The molecular formula is C20H24N2O3. The Balaban J connectivity index is 2.14. The quantitative estimate of drug-likeness (QED) is 0.804. The van der Waals surface area contributed by atoms with Gasteiger partial charge < -0.3 is 15.4 Å². The van der Waals surface area contributed by atoms with Crippen LogP contribution >= 0.6 is 0 Å². The van der Waals surface area contributed by atoms with Crippen molar-refractivity contribution in [2.45, 2.75) is 33.2 Å². The molecule has 2 N–H and O–H groups in total. The highest BCUT2D eigenvalue weighted by molar-refractivity contribution is 6.09. The molecule has 2 amide bonds. The van der Waals surface area contributed by atoms with Gasteiger partial charge in [0.25, 0.3) is 11.8 Å². The van der Waals surface area contributed by atoms with Gasteiger partial charge in [-0.2, -0.15) is 0 Å². The van der Waals surface area contributed by atoms with E-state index in [-0.39, 0.29) is 17.9 Å². The lowest BCUT2D eigenvalue weighted by atomic mass is 10.1. The third-order valence-corrected chi connectivity index (χ3v) is 3.84. The van der Waals surface area contributed by atoms with Gasteiger partial charge in [0.1, 0.15) is 5.75 Å². The molecule has 1 atom stereocenters. The van der Waals surface area contributed by atoms with Crippen molar-refractivity contribution < 1.29 is 14.3 Å². The van der Waals surface area contributed by atoms with Gasteiger partial charge >= 0.3 is 0 Å². The Labute approximate surface area is 148 Å². The second-order valence-electron chi connectivity index (χ2n) is 5.74. The molecule has 0 aliphatic carbocycles. The van der Waals surface area contributed by atoms with Crippen LogP contribution in [0.1, 0.15) is 47.9 Å². The first-order valence-electron chi connectivity index (χ1n) is 8.49. The van der Waals surface area contributed by atoms with Crippen molar-refractivity contribution in [1.29, 1.82) is 0 Å².